The first-order valence-electron chi connectivity index (χ1n) is 17.0. The highest BCUT2D eigenvalue weighted by Gasteiger charge is 2.13. The molecule has 0 heterocycles. The lowest BCUT2D eigenvalue weighted by atomic mass is 10.0. The predicted octanol–water partition coefficient (Wildman–Crippen LogP) is 9.12. The summed E-state index contributed by atoms with van der Waals surface area (Å²) in [5.74, 6) is 0.0904. The van der Waals surface area contributed by atoms with E-state index in [1.54, 1.807) is 0 Å². The van der Waals surface area contributed by atoms with Gasteiger partial charge in [0.05, 0.1) is 0 Å². The van der Waals surface area contributed by atoms with Gasteiger partial charge in [0.15, 0.2) is 0 Å². The van der Waals surface area contributed by atoms with Crippen molar-refractivity contribution in [1.82, 2.24) is 10.4 Å². The Labute approximate surface area is 238 Å². The Morgan fingerprint density at radius 3 is 1.24 bits per heavy atom. The molecule has 0 fully saturated rings. The largest absolute Gasteiger partial charge is 0.396 e. The lowest BCUT2D eigenvalue weighted by Gasteiger charge is -2.23. The second-order valence-electron chi connectivity index (χ2n) is 11.4. The van der Waals surface area contributed by atoms with Crippen LogP contribution in [0.15, 0.2) is 0 Å². The number of aliphatic hydroxyl groups excluding tert-OH is 1. The monoisotopic (exact) mass is 541 g/mol. The van der Waals surface area contributed by atoms with Crippen LogP contribution in [-0.4, -0.2) is 48.8 Å². The number of unbranched alkanes of at least 4 members (excludes halogenated alkanes) is 22. The molecule has 0 spiro atoms. The van der Waals surface area contributed by atoms with Crippen molar-refractivity contribution < 1.29 is 14.7 Å². The molecule has 0 radical (unpaired) electrons. The van der Waals surface area contributed by atoms with Gasteiger partial charge in [0.1, 0.15) is 6.61 Å². The molecular formula is C33H68N2O3. The lowest BCUT2D eigenvalue weighted by molar-refractivity contribution is -0.139. The van der Waals surface area contributed by atoms with Crippen molar-refractivity contribution in [2.45, 2.75) is 174 Å². The Morgan fingerprint density at radius 1 is 0.553 bits per heavy atom. The van der Waals surface area contributed by atoms with Crippen molar-refractivity contribution in [3.8, 4) is 0 Å². The Balaban J connectivity index is 3.94. The molecule has 0 unspecified atom stereocenters. The fourth-order valence-corrected chi connectivity index (χ4v) is 5.08. The molecule has 228 valence electrons. The SMILES string of the molecule is CCCCCCCCCCCCCCN(CCCCCCCCCCCCCC)C(=O)CONCCCO. The van der Waals surface area contributed by atoms with E-state index in [9.17, 15) is 4.79 Å². The number of rotatable bonds is 32. The Kier molecular flexibility index (Phi) is 32.0. The van der Waals surface area contributed by atoms with E-state index >= 15 is 0 Å². The molecule has 0 rings (SSSR count). The summed E-state index contributed by atoms with van der Waals surface area (Å²) < 4.78 is 0. The summed E-state index contributed by atoms with van der Waals surface area (Å²) in [6, 6.07) is 0. The smallest absolute Gasteiger partial charge is 0.250 e. The van der Waals surface area contributed by atoms with Crippen LogP contribution in [0, 0.1) is 0 Å². The Bertz CT molecular complexity index is 434. The maximum Gasteiger partial charge on any atom is 0.250 e. The molecule has 0 atom stereocenters. The van der Waals surface area contributed by atoms with E-state index in [0.717, 1.165) is 25.9 Å². The molecule has 0 aliphatic heterocycles. The number of hydrogen-bond donors (Lipinski definition) is 2. The van der Waals surface area contributed by atoms with E-state index in [1.807, 2.05) is 4.90 Å². The van der Waals surface area contributed by atoms with Gasteiger partial charge in [0.25, 0.3) is 5.91 Å². The second-order valence-corrected chi connectivity index (χ2v) is 11.4. The van der Waals surface area contributed by atoms with Crippen LogP contribution in [0.3, 0.4) is 0 Å². The highest BCUT2D eigenvalue weighted by atomic mass is 16.6. The first-order valence-corrected chi connectivity index (χ1v) is 17.0. The summed E-state index contributed by atoms with van der Waals surface area (Å²) >= 11 is 0. The van der Waals surface area contributed by atoms with Crippen LogP contribution in [0.2, 0.25) is 0 Å². The van der Waals surface area contributed by atoms with Crippen LogP contribution < -0.4 is 5.48 Å². The minimum atomic E-state index is 0.0853. The number of hydrogen-bond acceptors (Lipinski definition) is 4. The highest BCUT2D eigenvalue weighted by Crippen LogP contribution is 2.14. The fraction of sp³-hybridized carbons (Fsp3) is 0.970. The van der Waals surface area contributed by atoms with E-state index in [4.69, 9.17) is 9.94 Å². The van der Waals surface area contributed by atoms with E-state index in [-0.39, 0.29) is 19.1 Å². The van der Waals surface area contributed by atoms with E-state index < -0.39 is 0 Å². The lowest BCUT2D eigenvalue weighted by Crippen LogP contribution is -2.37. The van der Waals surface area contributed by atoms with Crippen molar-refractivity contribution in [3.05, 3.63) is 0 Å². The molecule has 0 saturated carbocycles. The third kappa shape index (κ3) is 28.4. The molecule has 2 N–H and O–H groups in total. The average Bonchev–Trinajstić information content (AvgIpc) is 2.92. The summed E-state index contributed by atoms with van der Waals surface area (Å²) in [5.41, 5.74) is 2.79. The number of carbonyl (C=O) groups excluding carboxylic acids is 1. The number of nitrogens with one attached hydrogen (secondary N) is 1. The predicted molar refractivity (Wildman–Crippen MR) is 164 cm³/mol. The fourth-order valence-electron chi connectivity index (χ4n) is 5.08. The van der Waals surface area contributed by atoms with E-state index in [2.05, 4.69) is 19.3 Å². The number of nitrogens with zero attached hydrogens (tertiary/aromatic N) is 1. The van der Waals surface area contributed by atoms with Gasteiger partial charge in [-0.15, -0.1) is 0 Å². The zero-order valence-electron chi connectivity index (χ0n) is 25.9. The van der Waals surface area contributed by atoms with Crippen LogP contribution >= 0.6 is 0 Å². The second kappa shape index (κ2) is 32.6. The van der Waals surface area contributed by atoms with Crippen molar-refractivity contribution in [2.24, 2.45) is 0 Å². The third-order valence-electron chi connectivity index (χ3n) is 7.65. The van der Waals surface area contributed by atoms with Gasteiger partial charge in [-0.3, -0.25) is 9.63 Å². The summed E-state index contributed by atoms with van der Waals surface area (Å²) in [6.07, 6.45) is 32.7. The molecule has 38 heavy (non-hydrogen) atoms. The molecule has 0 aromatic rings. The van der Waals surface area contributed by atoms with E-state index in [0.29, 0.717) is 13.0 Å². The molecule has 0 saturated heterocycles. The average molecular weight is 541 g/mol. The van der Waals surface area contributed by atoms with Gasteiger partial charge in [0.2, 0.25) is 0 Å². The van der Waals surface area contributed by atoms with Crippen LogP contribution in [0.1, 0.15) is 174 Å². The van der Waals surface area contributed by atoms with Crippen molar-refractivity contribution >= 4 is 5.91 Å². The van der Waals surface area contributed by atoms with Crippen LogP contribution in [-0.2, 0) is 9.63 Å². The van der Waals surface area contributed by atoms with Gasteiger partial charge in [-0.1, -0.05) is 155 Å². The van der Waals surface area contributed by atoms with Crippen LogP contribution in [0.25, 0.3) is 0 Å². The zero-order valence-corrected chi connectivity index (χ0v) is 25.9. The molecule has 0 aromatic heterocycles. The number of hydroxylamine groups is 1. The zero-order chi connectivity index (χ0) is 27.8. The van der Waals surface area contributed by atoms with Crippen molar-refractivity contribution in [3.63, 3.8) is 0 Å². The minimum absolute atomic E-state index is 0.0853. The molecular weight excluding hydrogens is 472 g/mol. The molecule has 5 nitrogen and oxygen atoms in total. The summed E-state index contributed by atoms with van der Waals surface area (Å²) in [5, 5.41) is 8.87. The molecule has 0 aliphatic rings. The first kappa shape index (κ1) is 37.4. The van der Waals surface area contributed by atoms with Gasteiger partial charge < -0.3 is 10.0 Å². The maximum absolute atomic E-state index is 12.8. The maximum atomic E-state index is 12.8. The molecule has 5 heteroatoms. The molecule has 0 aliphatic carbocycles. The minimum Gasteiger partial charge on any atom is -0.396 e. The Hall–Kier alpha value is -0.650. The van der Waals surface area contributed by atoms with Gasteiger partial charge in [0, 0.05) is 26.2 Å². The van der Waals surface area contributed by atoms with Crippen molar-refractivity contribution in [1.29, 1.82) is 0 Å². The molecule has 1 amide bonds. The molecule has 0 aromatic carbocycles. The normalized spacial score (nSPS) is 11.3. The topological polar surface area (TPSA) is 61.8 Å². The van der Waals surface area contributed by atoms with Gasteiger partial charge in [-0.2, -0.15) is 0 Å². The van der Waals surface area contributed by atoms with Crippen LogP contribution in [0.4, 0.5) is 0 Å². The quantitative estimate of drug-likeness (QED) is 0.0659. The standard InChI is InChI=1S/C33H68N2O3/c1-3-5-7-9-11-13-15-17-19-21-23-25-29-35(33(37)32-38-34-28-27-31-36)30-26-24-22-20-18-16-14-12-10-8-6-4-2/h34,36H,3-32H2,1-2H3. The Morgan fingerprint density at radius 2 is 0.895 bits per heavy atom. The van der Waals surface area contributed by atoms with E-state index in [1.165, 1.54) is 141 Å². The van der Waals surface area contributed by atoms with Gasteiger partial charge >= 0.3 is 0 Å². The van der Waals surface area contributed by atoms with Gasteiger partial charge in [-0.25, -0.2) is 5.48 Å². The highest BCUT2D eigenvalue weighted by molar-refractivity contribution is 5.77. The van der Waals surface area contributed by atoms with Crippen LogP contribution in [0.5, 0.6) is 0 Å². The first-order chi connectivity index (χ1) is 18.8. The van der Waals surface area contributed by atoms with Crippen molar-refractivity contribution in [2.75, 3.05) is 32.8 Å². The summed E-state index contributed by atoms with van der Waals surface area (Å²) in [7, 11) is 0. The summed E-state index contributed by atoms with van der Waals surface area (Å²) in [4.78, 5) is 20.1. The summed E-state index contributed by atoms with van der Waals surface area (Å²) in [6.45, 7) is 7.06. The number of amides is 1. The number of aliphatic hydroxyl groups is 1. The number of carbonyl (C=O) groups is 1. The third-order valence-corrected chi connectivity index (χ3v) is 7.65. The van der Waals surface area contributed by atoms with Gasteiger partial charge in [-0.05, 0) is 19.3 Å². The molecule has 0 bridgehead atoms.